The highest BCUT2D eigenvalue weighted by Gasteiger charge is 2.05. The molecular formula is C15H24N2O2. The molecule has 0 aromatic heterocycles. The van der Waals surface area contributed by atoms with E-state index in [9.17, 15) is 4.79 Å². The van der Waals surface area contributed by atoms with Crippen molar-refractivity contribution in [2.75, 3.05) is 19.7 Å². The van der Waals surface area contributed by atoms with Crippen LogP contribution in [0.1, 0.15) is 32.3 Å². The van der Waals surface area contributed by atoms with Crippen LogP contribution < -0.4 is 15.4 Å². The van der Waals surface area contributed by atoms with Gasteiger partial charge in [0.15, 0.2) is 6.61 Å². The predicted molar refractivity (Wildman–Crippen MR) is 77.2 cm³/mol. The number of carbonyl (C=O) groups excluding carboxylic acids is 1. The van der Waals surface area contributed by atoms with Crippen LogP contribution >= 0.6 is 0 Å². The van der Waals surface area contributed by atoms with Crippen molar-refractivity contribution < 1.29 is 9.53 Å². The second-order valence-corrected chi connectivity index (χ2v) is 4.42. The van der Waals surface area contributed by atoms with E-state index >= 15 is 0 Å². The fourth-order valence-electron chi connectivity index (χ4n) is 1.65. The summed E-state index contributed by atoms with van der Waals surface area (Å²) in [6.45, 7) is 6.67. The van der Waals surface area contributed by atoms with Crippen molar-refractivity contribution in [1.29, 1.82) is 0 Å². The summed E-state index contributed by atoms with van der Waals surface area (Å²) in [5.41, 5.74) is 1.08. The van der Waals surface area contributed by atoms with Crippen LogP contribution in [0, 0.1) is 0 Å². The maximum absolute atomic E-state index is 11.5. The lowest BCUT2D eigenvalue weighted by molar-refractivity contribution is -0.123. The summed E-state index contributed by atoms with van der Waals surface area (Å²) < 4.78 is 5.57. The average molecular weight is 264 g/mol. The third kappa shape index (κ3) is 6.25. The van der Waals surface area contributed by atoms with E-state index in [1.54, 1.807) is 0 Å². The van der Waals surface area contributed by atoms with Gasteiger partial charge in [-0.25, -0.2) is 0 Å². The second-order valence-electron chi connectivity index (χ2n) is 4.42. The number of ether oxygens (including phenoxy) is 1. The van der Waals surface area contributed by atoms with Gasteiger partial charge < -0.3 is 15.4 Å². The highest BCUT2D eigenvalue weighted by molar-refractivity contribution is 5.77. The lowest BCUT2D eigenvalue weighted by atomic mass is 10.2. The summed E-state index contributed by atoms with van der Waals surface area (Å²) >= 11 is 0. The van der Waals surface area contributed by atoms with Gasteiger partial charge in [-0.1, -0.05) is 32.0 Å². The molecule has 1 rings (SSSR count). The van der Waals surface area contributed by atoms with Crippen molar-refractivity contribution in [3.8, 4) is 5.75 Å². The van der Waals surface area contributed by atoms with Crippen LogP contribution in [0.25, 0.3) is 0 Å². The molecule has 0 aliphatic rings. The maximum Gasteiger partial charge on any atom is 0.257 e. The SMILES string of the molecule is CCCNCc1ccccc1OCC(=O)NCCC. The topological polar surface area (TPSA) is 50.4 Å². The maximum atomic E-state index is 11.5. The molecule has 0 heterocycles. The molecule has 0 atom stereocenters. The first-order valence-corrected chi connectivity index (χ1v) is 6.96. The molecule has 0 spiro atoms. The minimum Gasteiger partial charge on any atom is -0.483 e. The molecule has 106 valence electrons. The van der Waals surface area contributed by atoms with Crippen LogP contribution in [0.15, 0.2) is 24.3 Å². The third-order valence-electron chi connectivity index (χ3n) is 2.65. The Hall–Kier alpha value is -1.55. The molecule has 0 bridgehead atoms. The first-order chi connectivity index (χ1) is 9.27. The molecule has 0 radical (unpaired) electrons. The van der Waals surface area contributed by atoms with Gasteiger partial charge in [-0.2, -0.15) is 0 Å². The van der Waals surface area contributed by atoms with Crippen molar-refractivity contribution in [3.05, 3.63) is 29.8 Å². The third-order valence-corrected chi connectivity index (χ3v) is 2.65. The lowest BCUT2D eigenvalue weighted by Gasteiger charge is -2.12. The van der Waals surface area contributed by atoms with Crippen LogP contribution in [-0.4, -0.2) is 25.6 Å². The van der Waals surface area contributed by atoms with E-state index in [1.807, 2.05) is 31.2 Å². The molecule has 1 aromatic rings. The summed E-state index contributed by atoms with van der Waals surface area (Å²) in [7, 11) is 0. The zero-order valence-corrected chi connectivity index (χ0v) is 11.9. The number of nitrogens with one attached hydrogen (secondary N) is 2. The standard InChI is InChI=1S/C15H24N2O2/c1-3-9-16-11-13-7-5-6-8-14(13)19-12-15(18)17-10-4-2/h5-8,16H,3-4,9-12H2,1-2H3,(H,17,18). The Morgan fingerprint density at radius 3 is 2.63 bits per heavy atom. The quantitative estimate of drug-likeness (QED) is 0.672. The lowest BCUT2D eigenvalue weighted by Crippen LogP contribution is -2.29. The number of carbonyl (C=O) groups is 1. The Bertz CT molecular complexity index is 380. The Morgan fingerprint density at radius 1 is 1.16 bits per heavy atom. The molecule has 0 aliphatic carbocycles. The summed E-state index contributed by atoms with van der Waals surface area (Å²) in [4.78, 5) is 11.5. The Morgan fingerprint density at radius 2 is 1.89 bits per heavy atom. The minimum atomic E-state index is -0.0711. The van der Waals surface area contributed by atoms with Crippen LogP contribution in [0.2, 0.25) is 0 Å². The zero-order valence-electron chi connectivity index (χ0n) is 11.9. The monoisotopic (exact) mass is 264 g/mol. The van der Waals surface area contributed by atoms with Crippen molar-refractivity contribution in [2.45, 2.75) is 33.2 Å². The first kappa shape index (κ1) is 15.5. The normalized spacial score (nSPS) is 10.2. The van der Waals surface area contributed by atoms with Gasteiger partial charge in [-0.3, -0.25) is 4.79 Å². The molecule has 0 fully saturated rings. The van der Waals surface area contributed by atoms with Crippen molar-refractivity contribution in [3.63, 3.8) is 0 Å². The predicted octanol–water partition coefficient (Wildman–Crippen LogP) is 2.09. The summed E-state index contributed by atoms with van der Waals surface area (Å²) in [5, 5.41) is 6.13. The molecule has 4 nitrogen and oxygen atoms in total. The molecule has 0 saturated carbocycles. The largest absolute Gasteiger partial charge is 0.483 e. The molecular weight excluding hydrogens is 240 g/mol. The van der Waals surface area contributed by atoms with Gasteiger partial charge >= 0.3 is 0 Å². The second kappa shape index (κ2) is 9.39. The number of hydrogen-bond acceptors (Lipinski definition) is 3. The first-order valence-electron chi connectivity index (χ1n) is 6.96. The van der Waals surface area contributed by atoms with E-state index in [-0.39, 0.29) is 12.5 Å². The van der Waals surface area contributed by atoms with E-state index < -0.39 is 0 Å². The molecule has 0 saturated heterocycles. The number of amides is 1. The molecule has 19 heavy (non-hydrogen) atoms. The highest BCUT2D eigenvalue weighted by atomic mass is 16.5. The van der Waals surface area contributed by atoms with Gasteiger partial charge in [0.25, 0.3) is 5.91 Å². The minimum absolute atomic E-state index is 0.0711. The molecule has 4 heteroatoms. The van der Waals surface area contributed by atoms with Crippen LogP contribution in [0.3, 0.4) is 0 Å². The van der Waals surface area contributed by atoms with Gasteiger partial charge in [0.1, 0.15) is 5.75 Å². The molecule has 0 unspecified atom stereocenters. The Kier molecular flexibility index (Phi) is 7.66. The number of hydrogen-bond donors (Lipinski definition) is 2. The van der Waals surface area contributed by atoms with E-state index in [2.05, 4.69) is 17.6 Å². The van der Waals surface area contributed by atoms with Gasteiger partial charge in [-0.05, 0) is 25.5 Å². The van der Waals surface area contributed by atoms with E-state index in [0.717, 1.165) is 37.2 Å². The van der Waals surface area contributed by atoms with E-state index in [4.69, 9.17) is 4.74 Å². The van der Waals surface area contributed by atoms with Gasteiger partial charge in [-0.15, -0.1) is 0 Å². The van der Waals surface area contributed by atoms with Gasteiger partial charge in [0.05, 0.1) is 0 Å². The highest BCUT2D eigenvalue weighted by Crippen LogP contribution is 2.17. The van der Waals surface area contributed by atoms with Crippen LogP contribution in [-0.2, 0) is 11.3 Å². The van der Waals surface area contributed by atoms with E-state index in [1.165, 1.54) is 0 Å². The molecule has 2 N–H and O–H groups in total. The average Bonchev–Trinajstić information content (AvgIpc) is 2.44. The van der Waals surface area contributed by atoms with Gasteiger partial charge in [0, 0.05) is 18.7 Å². The molecule has 1 amide bonds. The van der Waals surface area contributed by atoms with Crippen molar-refractivity contribution in [1.82, 2.24) is 10.6 Å². The van der Waals surface area contributed by atoms with Crippen molar-refractivity contribution in [2.24, 2.45) is 0 Å². The van der Waals surface area contributed by atoms with Crippen molar-refractivity contribution >= 4 is 5.91 Å². The van der Waals surface area contributed by atoms with Gasteiger partial charge in [0.2, 0.25) is 0 Å². The summed E-state index contributed by atoms with van der Waals surface area (Å²) in [6, 6.07) is 7.81. The fraction of sp³-hybridized carbons (Fsp3) is 0.533. The zero-order chi connectivity index (χ0) is 13.9. The Labute approximate surface area is 115 Å². The smallest absolute Gasteiger partial charge is 0.257 e. The molecule has 0 aliphatic heterocycles. The molecule has 1 aromatic carbocycles. The Balaban J connectivity index is 2.45. The summed E-state index contributed by atoms with van der Waals surface area (Å²) in [5.74, 6) is 0.705. The van der Waals surface area contributed by atoms with Crippen LogP contribution in [0.4, 0.5) is 0 Å². The van der Waals surface area contributed by atoms with Crippen LogP contribution in [0.5, 0.6) is 5.75 Å². The number of rotatable bonds is 9. The summed E-state index contributed by atoms with van der Waals surface area (Å²) in [6.07, 6.45) is 2.03. The van der Waals surface area contributed by atoms with E-state index in [0.29, 0.717) is 6.54 Å². The fourth-order valence-corrected chi connectivity index (χ4v) is 1.65. The number of benzene rings is 1. The number of para-hydroxylation sites is 1.